The Kier molecular flexibility index (Phi) is 5.17. The van der Waals surface area contributed by atoms with Gasteiger partial charge in [0.15, 0.2) is 5.82 Å². The van der Waals surface area contributed by atoms with E-state index in [9.17, 15) is 4.79 Å². The predicted molar refractivity (Wildman–Crippen MR) is 82.2 cm³/mol. The van der Waals surface area contributed by atoms with Crippen LogP contribution in [-0.2, 0) is 6.54 Å². The molecular formula is C15H26N4O. The zero-order valence-electron chi connectivity index (χ0n) is 12.8. The van der Waals surface area contributed by atoms with Crippen molar-refractivity contribution in [2.24, 2.45) is 11.8 Å². The Morgan fingerprint density at radius 2 is 2.15 bits per heavy atom. The Balaban J connectivity index is 2.08. The van der Waals surface area contributed by atoms with Crippen molar-refractivity contribution in [3.63, 3.8) is 0 Å². The summed E-state index contributed by atoms with van der Waals surface area (Å²) in [6.07, 6.45) is 5.87. The van der Waals surface area contributed by atoms with Crippen LogP contribution in [-0.4, -0.2) is 36.2 Å². The fourth-order valence-electron chi connectivity index (χ4n) is 2.77. The van der Waals surface area contributed by atoms with Gasteiger partial charge in [0.2, 0.25) is 0 Å². The quantitative estimate of drug-likeness (QED) is 0.883. The molecule has 0 aliphatic carbocycles. The van der Waals surface area contributed by atoms with Gasteiger partial charge in [0.25, 0.3) is 5.56 Å². The van der Waals surface area contributed by atoms with E-state index in [4.69, 9.17) is 0 Å². The Bertz CT molecular complexity index is 477. The van der Waals surface area contributed by atoms with Crippen LogP contribution in [0.3, 0.4) is 0 Å². The molecule has 1 aliphatic rings. The summed E-state index contributed by atoms with van der Waals surface area (Å²) in [5, 5.41) is 3.37. The van der Waals surface area contributed by atoms with Gasteiger partial charge in [-0.25, -0.2) is 4.98 Å². The van der Waals surface area contributed by atoms with E-state index in [0.717, 1.165) is 26.2 Å². The molecule has 1 aromatic rings. The van der Waals surface area contributed by atoms with Crippen LogP contribution in [0.2, 0.25) is 0 Å². The second-order valence-electron chi connectivity index (χ2n) is 6.18. The number of aromatic nitrogens is 2. The lowest BCUT2D eigenvalue weighted by Gasteiger charge is -2.28. The van der Waals surface area contributed by atoms with E-state index < -0.39 is 0 Å². The summed E-state index contributed by atoms with van der Waals surface area (Å²) >= 11 is 0. The molecule has 0 radical (unpaired) electrons. The number of anilines is 1. The van der Waals surface area contributed by atoms with Crippen molar-refractivity contribution in [1.82, 2.24) is 14.9 Å². The minimum Gasteiger partial charge on any atom is -0.355 e. The molecule has 5 nitrogen and oxygen atoms in total. The maximum absolute atomic E-state index is 12.4. The number of piperidine rings is 1. The molecule has 1 aromatic heterocycles. The highest BCUT2D eigenvalue weighted by molar-refractivity contribution is 5.34. The largest absolute Gasteiger partial charge is 0.355 e. The molecule has 5 heteroatoms. The first-order valence-corrected chi connectivity index (χ1v) is 7.55. The summed E-state index contributed by atoms with van der Waals surface area (Å²) in [4.78, 5) is 18.7. The number of hydrogen-bond acceptors (Lipinski definition) is 4. The van der Waals surface area contributed by atoms with Gasteiger partial charge in [-0.1, -0.05) is 13.8 Å². The molecule has 0 unspecified atom stereocenters. The fourth-order valence-corrected chi connectivity index (χ4v) is 2.77. The summed E-state index contributed by atoms with van der Waals surface area (Å²) in [6, 6.07) is 0. The molecule has 2 rings (SSSR count). The van der Waals surface area contributed by atoms with Crippen LogP contribution < -0.4 is 15.8 Å². The smallest absolute Gasteiger partial charge is 0.293 e. The highest BCUT2D eigenvalue weighted by atomic mass is 16.1. The van der Waals surface area contributed by atoms with Crippen molar-refractivity contribution in [3.05, 3.63) is 22.7 Å². The zero-order valence-corrected chi connectivity index (χ0v) is 12.8. The summed E-state index contributed by atoms with van der Waals surface area (Å²) in [5.74, 6) is 1.69. The maximum atomic E-state index is 12.4. The molecule has 0 spiro atoms. The molecule has 1 saturated heterocycles. The van der Waals surface area contributed by atoms with Crippen molar-refractivity contribution in [2.75, 3.05) is 31.6 Å². The lowest BCUT2D eigenvalue weighted by atomic mass is 9.98. The summed E-state index contributed by atoms with van der Waals surface area (Å²) in [7, 11) is 1.98. The van der Waals surface area contributed by atoms with Crippen molar-refractivity contribution >= 4 is 5.82 Å². The lowest BCUT2D eigenvalue weighted by molar-refractivity contribution is 0.377. The van der Waals surface area contributed by atoms with Gasteiger partial charge in [0.1, 0.15) is 0 Å². The monoisotopic (exact) mass is 278 g/mol. The first kappa shape index (κ1) is 15.0. The van der Waals surface area contributed by atoms with E-state index in [0.29, 0.717) is 17.7 Å². The number of nitrogens with one attached hydrogen (secondary N) is 1. The van der Waals surface area contributed by atoms with Gasteiger partial charge >= 0.3 is 0 Å². The maximum Gasteiger partial charge on any atom is 0.293 e. The van der Waals surface area contributed by atoms with Crippen LogP contribution in [0.1, 0.15) is 26.7 Å². The molecule has 0 saturated carbocycles. The third-order valence-electron chi connectivity index (χ3n) is 3.81. The van der Waals surface area contributed by atoms with E-state index >= 15 is 0 Å². The van der Waals surface area contributed by atoms with Gasteiger partial charge in [-0.05, 0) is 37.8 Å². The van der Waals surface area contributed by atoms with Crippen LogP contribution in [0.4, 0.5) is 5.82 Å². The molecule has 20 heavy (non-hydrogen) atoms. The van der Waals surface area contributed by atoms with Crippen molar-refractivity contribution in [2.45, 2.75) is 33.2 Å². The van der Waals surface area contributed by atoms with Crippen molar-refractivity contribution < 1.29 is 0 Å². The second-order valence-corrected chi connectivity index (χ2v) is 6.18. The van der Waals surface area contributed by atoms with E-state index in [2.05, 4.69) is 24.1 Å². The second kappa shape index (κ2) is 6.88. The molecule has 0 atom stereocenters. The van der Waals surface area contributed by atoms with Crippen LogP contribution in [0.25, 0.3) is 0 Å². The highest BCUT2D eigenvalue weighted by Crippen LogP contribution is 2.14. The first-order valence-electron chi connectivity index (χ1n) is 7.55. The molecule has 1 aliphatic heterocycles. The molecule has 0 amide bonds. The summed E-state index contributed by atoms with van der Waals surface area (Å²) < 4.78 is 1.77. The Morgan fingerprint density at radius 1 is 1.45 bits per heavy atom. The number of nitrogens with zero attached hydrogens (tertiary/aromatic N) is 3. The zero-order chi connectivity index (χ0) is 14.5. The Labute approximate surface area is 121 Å². The average molecular weight is 278 g/mol. The van der Waals surface area contributed by atoms with E-state index in [1.165, 1.54) is 12.8 Å². The van der Waals surface area contributed by atoms with E-state index in [1.807, 2.05) is 11.9 Å². The topological polar surface area (TPSA) is 50.2 Å². The first-order chi connectivity index (χ1) is 9.58. The van der Waals surface area contributed by atoms with Gasteiger partial charge < -0.3 is 14.8 Å². The Hall–Kier alpha value is -1.36. The minimum atomic E-state index is 0.0256. The van der Waals surface area contributed by atoms with Crippen LogP contribution >= 0.6 is 0 Å². The molecule has 0 bridgehead atoms. The third-order valence-corrected chi connectivity index (χ3v) is 3.81. The normalized spacial score (nSPS) is 16.6. The standard InChI is InChI=1S/C15H26N4O/c1-12(2)10-19-9-8-17-14(15(19)20)18(3)11-13-4-6-16-7-5-13/h8-9,12-13,16H,4-7,10-11H2,1-3H3. The van der Waals surface area contributed by atoms with Gasteiger partial charge in [0.05, 0.1) is 0 Å². The number of rotatable bonds is 5. The van der Waals surface area contributed by atoms with Crippen LogP contribution in [0.15, 0.2) is 17.2 Å². The molecule has 1 fully saturated rings. The van der Waals surface area contributed by atoms with Gasteiger partial charge in [0, 0.05) is 32.5 Å². The van der Waals surface area contributed by atoms with Crippen LogP contribution in [0, 0.1) is 11.8 Å². The third kappa shape index (κ3) is 3.82. The lowest BCUT2D eigenvalue weighted by Crippen LogP contribution is -2.38. The van der Waals surface area contributed by atoms with Crippen LogP contribution in [0.5, 0.6) is 0 Å². The molecule has 1 N–H and O–H groups in total. The average Bonchev–Trinajstić information content (AvgIpc) is 2.41. The summed E-state index contributed by atoms with van der Waals surface area (Å²) in [5.41, 5.74) is 0.0256. The molecule has 2 heterocycles. The molecule has 112 valence electrons. The molecular weight excluding hydrogens is 252 g/mol. The van der Waals surface area contributed by atoms with Gasteiger partial charge in [-0.15, -0.1) is 0 Å². The van der Waals surface area contributed by atoms with Crippen molar-refractivity contribution in [3.8, 4) is 0 Å². The fraction of sp³-hybridized carbons (Fsp3) is 0.733. The minimum absolute atomic E-state index is 0.0256. The van der Waals surface area contributed by atoms with Gasteiger partial charge in [-0.2, -0.15) is 0 Å². The predicted octanol–water partition coefficient (Wildman–Crippen LogP) is 1.34. The number of hydrogen-bond donors (Lipinski definition) is 1. The van der Waals surface area contributed by atoms with E-state index in [-0.39, 0.29) is 5.56 Å². The SMILES string of the molecule is CC(C)Cn1ccnc(N(C)CC2CCNCC2)c1=O. The van der Waals surface area contributed by atoms with Gasteiger partial charge in [-0.3, -0.25) is 4.79 Å². The summed E-state index contributed by atoms with van der Waals surface area (Å²) in [6.45, 7) is 8.05. The Morgan fingerprint density at radius 3 is 2.80 bits per heavy atom. The highest BCUT2D eigenvalue weighted by Gasteiger charge is 2.18. The van der Waals surface area contributed by atoms with E-state index in [1.54, 1.807) is 17.0 Å². The molecule has 0 aromatic carbocycles. The van der Waals surface area contributed by atoms with Crippen molar-refractivity contribution in [1.29, 1.82) is 0 Å².